The van der Waals surface area contributed by atoms with Crippen LogP contribution in [0.25, 0.3) is 0 Å². The van der Waals surface area contributed by atoms with Crippen molar-refractivity contribution in [3.05, 3.63) is 35.6 Å². The van der Waals surface area contributed by atoms with E-state index in [0.717, 1.165) is 21.6 Å². The van der Waals surface area contributed by atoms with Crippen LogP contribution < -0.4 is 5.32 Å². The highest BCUT2D eigenvalue weighted by molar-refractivity contribution is 8.01. The lowest BCUT2D eigenvalue weighted by Crippen LogP contribution is -2.31. The molecule has 0 radical (unpaired) electrons. The Bertz CT molecular complexity index is 647. The van der Waals surface area contributed by atoms with Crippen molar-refractivity contribution in [2.45, 2.75) is 24.2 Å². The van der Waals surface area contributed by atoms with E-state index in [9.17, 15) is 9.18 Å². The number of amides is 1. The lowest BCUT2D eigenvalue weighted by Gasteiger charge is -2.25. The normalized spacial score (nSPS) is 12.0. The van der Waals surface area contributed by atoms with Gasteiger partial charge in [-0.1, -0.05) is 35.2 Å². The lowest BCUT2D eigenvalue weighted by atomic mass is 10.1. The molecule has 0 fully saturated rings. The van der Waals surface area contributed by atoms with Crippen LogP contribution in [0.5, 0.6) is 0 Å². The quantitative estimate of drug-likeness (QED) is 0.772. The summed E-state index contributed by atoms with van der Waals surface area (Å²) in [4.78, 5) is 14.0. The molecule has 1 N–H and O–H groups in total. The third-order valence-corrected chi connectivity index (χ3v) is 5.38. The molecule has 8 heteroatoms. The number of carbonyl (C=O) groups is 1. The van der Waals surface area contributed by atoms with Gasteiger partial charge in [-0.2, -0.15) is 0 Å². The predicted octanol–water partition coefficient (Wildman–Crippen LogP) is 3.42. The summed E-state index contributed by atoms with van der Waals surface area (Å²) in [6.07, 6.45) is 0. The maximum absolute atomic E-state index is 13.0. The fourth-order valence-corrected chi connectivity index (χ4v) is 3.64. The minimum atomic E-state index is -0.279. The van der Waals surface area contributed by atoms with Crippen LogP contribution in [0.4, 0.5) is 9.52 Å². The van der Waals surface area contributed by atoms with Crippen LogP contribution in [0.1, 0.15) is 25.5 Å². The first kappa shape index (κ1) is 17.7. The summed E-state index contributed by atoms with van der Waals surface area (Å²) in [5.41, 5.74) is 0.901. The molecule has 1 aromatic carbocycles. The van der Waals surface area contributed by atoms with Gasteiger partial charge in [0.15, 0.2) is 4.34 Å². The minimum absolute atomic E-state index is 0.00738. The summed E-state index contributed by atoms with van der Waals surface area (Å²) in [6, 6.07) is 6.09. The Morgan fingerprint density at radius 2 is 2.09 bits per heavy atom. The number of hydrogen-bond donors (Lipinski definition) is 1. The van der Waals surface area contributed by atoms with Gasteiger partial charge in [-0.05, 0) is 31.5 Å². The Labute approximate surface area is 143 Å². The van der Waals surface area contributed by atoms with Gasteiger partial charge in [0.05, 0.1) is 11.8 Å². The molecule has 0 aliphatic heterocycles. The predicted molar refractivity (Wildman–Crippen MR) is 92.4 cm³/mol. The van der Waals surface area contributed by atoms with Crippen LogP contribution in [0.15, 0.2) is 28.6 Å². The van der Waals surface area contributed by atoms with E-state index >= 15 is 0 Å². The molecule has 2 aromatic rings. The summed E-state index contributed by atoms with van der Waals surface area (Å²) < 4.78 is 13.7. The summed E-state index contributed by atoms with van der Waals surface area (Å²) in [5, 5.41) is 11.9. The highest BCUT2D eigenvalue weighted by Gasteiger charge is 2.18. The zero-order valence-electron chi connectivity index (χ0n) is 13.2. The van der Waals surface area contributed by atoms with Crippen LogP contribution in [-0.4, -0.2) is 40.3 Å². The third-order valence-electron chi connectivity index (χ3n) is 3.38. The number of carbonyl (C=O) groups excluding carboxylic acids is 1. The summed E-state index contributed by atoms with van der Waals surface area (Å²) >= 11 is 2.81. The third kappa shape index (κ3) is 4.90. The van der Waals surface area contributed by atoms with E-state index in [1.165, 1.54) is 35.2 Å². The van der Waals surface area contributed by atoms with Gasteiger partial charge in [-0.3, -0.25) is 4.79 Å². The van der Waals surface area contributed by atoms with Gasteiger partial charge in [0.1, 0.15) is 5.82 Å². The summed E-state index contributed by atoms with van der Waals surface area (Å²) in [7, 11) is 1.75. The monoisotopic (exact) mass is 354 g/mol. The molecule has 0 saturated heterocycles. The highest BCUT2D eigenvalue weighted by Crippen LogP contribution is 2.26. The second-order valence-electron chi connectivity index (χ2n) is 4.92. The van der Waals surface area contributed by atoms with Gasteiger partial charge in [-0.15, -0.1) is 10.2 Å². The zero-order valence-corrected chi connectivity index (χ0v) is 14.9. The Balaban J connectivity index is 1.89. The highest BCUT2D eigenvalue weighted by atomic mass is 32.2. The Morgan fingerprint density at radius 1 is 1.39 bits per heavy atom. The van der Waals surface area contributed by atoms with Gasteiger partial charge >= 0.3 is 0 Å². The molecule has 0 aliphatic rings. The molecule has 1 aromatic heterocycles. The van der Waals surface area contributed by atoms with Crippen molar-refractivity contribution in [2.75, 3.05) is 24.7 Å². The molecule has 2 rings (SSSR count). The molecule has 0 aliphatic carbocycles. The number of anilines is 1. The van der Waals surface area contributed by atoms with Gasteiger partial charge in [0.2, 0.25) is 11.0 Å². The van der Waals surface area contributed by atoms with Crippen LogP contribution in [0.3, 0.4) is 0 Å². The number of nitrogens with zero attached hydrogens (tertiary/aromatic N) is 3. The number of nitrogens with one attached hydrogen (secondary N) is 1. The van der Waals surface area contributed by atoms with Crippen molar-refractivity contribution < 1.29 is 9.18 Å². The van der Waals surface area contributed by atoms with Crippen molar-refractivity contribution in [1.29, 1.82) is 0 Å². The molecule has 0 bridgehead atoms. The standard InChI is InChI=1S/C15H19FN4OS2/c1-4-17-14-18-19-15(23-14)22-9-13(21)20(3)10(2)11-5-7-12(16)8-6-11/h5-8,10H,4,9H2,1-3H3,(H,17,18). The molecule has 0 saturated carbocycles. The van der Waals surface area contributed by atoms with E-state index in [-0.39, 0.29) is 17.8 Å². The smallest absolute Gasteiger partial charge is 0.233 e. The lowest BCUT2D eigenvalue weighted by molar-refractivity contribution is -0.128. The molecule has 1 unspecified atom stereocenters. The maximum Gasteiger partial charge on any atom is 0.233 e. The van der Waals surface area contributed by atoms with Crippen LogP contribution in [0.2, 0.25) is 0 Å². The number of hydrogen-bond acceptors (Lipinski definition) is 6. The Hall–Kier alpha value is -1.67. The van der Waals surface area contributed by atoms with Crippen molar-refractivity contribution >= 4 is 34.1 Å². The first-order valence-corrected chi connectivity index (χ1v) is 9.02. The molecule has 1 amide bonds. The van der Waals surface area contributed by atoms with E-state index in [2.05, 4.69) is 15.5 Å². The largest absolute Gasteiger partial charge is 0.360 e. The molecule has 23 heavy (non-hydrogen) atoms. The van der Waals surface area contributed by atoms with Gasteiger partial charge < -0.3 is 10.2 Å². The van der Waals surface area contributed by atoms with Gasteiger partial charge in [-0.25, -0.2) is 4.39 Å². The molecule has 1 atom stereocenters. The van der Waals surface area contributed by atoms with Crippen LogP contribution in [-0.2, 0) is 4.79 Å². The number of benzene rings is 1. The minimum Gasteiger partial charge on any atom is -0.360 e. The van der Waals surface area contributed by atoms with E-state index < -0.39 is 0 Å². The zero-order chi connectivity index (χ0) is 16.8. The van der Waals surface area contributed by atoms with Crippen molar-refractivity contribution in [3.8, 4) is 0 Å². The fourth-order valence-electron chi connectivity index (χ4n) is 1.90. The topological polar surface area (TPSA) is 58.1 Å². The second kappa shape index (κ2) is 8.26. The molecular formula is C15H19FN4OS2. The number of rotatable bonds is 7. The van der Waals surface area contributed by atoms with E-state index in [1.807, 2.05) is 13.8 Å². The first-order valence-electron chi connectivity index (χ1n) is 7.22. The molecule has 1 heterocycles. The average molecular weight is 354 g/mol. The number of aromatic nitrogens is 2. The summed E-state index contributed by atoms with van der Waals surface area (Å²) in [6.45, 7) is 4.70. The summed E-state index contributed by atoms with van der Waals surface area (Å²) in [5.74, 6) is 0.00765. The fraction of sp³-hybridized carbons (Fsp3) is 0.400. The Kier molecular flexibility index (Phi) is 6.35. The van der Waals surface area contributed by atoms with Crippen LogP contribution in [0, 0.1) is 5.82 Å². The maximum atomic E-state index is 13.0. The van der Waals surface area contributed by atoms with Crippen molar-refractivity contribution in [1.82, 2.24) is 15.1 Å². The SMILES string of the molecule is CCNc1nnc(SCC(=O)N(C)C(C)c2ccc(F)cc2)s1. The number of halogens is 1. The van der Waals surface area contributed by atoms with E-state index in [1.54, 1.807) is 24.1 Å². The first-order chi connectivity index (χ1) is 11.0. The van der Waals surface area contributed by atoms with E-state index in [0.29, 0.717) is 5.75 Å². The molecular weight excluding hydrogens is 335 g/mol. The van der Waals surface area contributed by atoms with Crippen molar-refractivity contribution in [3.63, 3.8) is 0 Å². The number of thioether (sulfide) groups is 1. The molecule has 0 spiro atoms. The molecule has 5 nitrogen and oxygen atoms in total. The van der Waals surface area contributed by atoms with Gasteiger partial charge in [0.25, 0.3) is 0 Å². The van der Waals surface area contributed by atoms with Gasteiger partial charge in [0, 0.05) is 13.6 Å². The second-order valence-corrected chi connectivity index (χ2v) is 7.12. The van der Waals surface area contributed by atoms with Crippen molar-refractivity contribution in [2.24, 2.45) is 0 Å². The average Bonchev–Trinajstić information content (AvgIpc) is 3.00. The molecule has 124 valence electrons. The van der Waals surface area contributed by atoms with E-state index in [4.69, 9.17) is 0 Å². The Morgan fingerprint density at radius 3 is 2.74 bits per heavy atom. The van der Waals surface area contributed by atoms with Crippen LogP contribution >= 0.6 is 23.1 Å².